The molecule has 0 spiro atoms. The van der Waals surface area contributed by atoms with Crippen LogP contribution in [0.15, 0.2) is 52.0 Å². The van der Waals surface area contributed by atoms with E-state index in [1.54, 1.807) is 24.4 Å². The number of aromatic amines is 1. The molecule has 3 aromatic rings. The maximum absolute atomic E-state index is 13.8. The van der Waals surface area contributed by atoms with Gasteiger partial charge in [-0.3, -0.25) is 0 Å². The zero-order valence-corrected chi connectivity index (χ0v) is 18.2. The van der Waals surface area contributed by atoms with Crippen molar-refractivity contribution in [3.63, 3.8) is 0 Å². The Bertz CT molecular complexity index is 1160. The first-order chi connectivity index (χ1) is 13.9. The Balaban J connectivity index is 1.69. The average Bonchev–Trinajstić information content (AvgIpc) is 3.21. The summed E-state index contributed by atoms with van der Waals surface area (Å²) in [6.07, 6.45) is 1.57. The number of hydrogen-bond acceptors (Lipinski definition) is 4. The van der Waals surface area contributed by atoms with Crippen LogP contribution in [0.3, 0.4) is 0 Å². The lowest BCUT2D eigenvalue weighted by molar-refractivity contribution is 0.0730. The summed E-state index contributed by atoms with van der Waals surface area (Å²) in [7, 11) is -3.75. The van der Waals surface area contributed by atoms with E-state index in [-0.39, 0.29) is 28.8 Å². The molecule has 0 unspecified atom stereocenters. The fourth-order valence-electron chi connectivity index (χ4n) is 3.05. The van der Waals surface area contributed by atoms with E-state index in [1.165, 1.54) is 22.5 Å². The molecule has 1 aromatic heterocycles. The second-order valence-electron chi connectivity index (χ2n) is 6.44. The van der Waals surface area contributed by atoms with Crippen molar-refractivity contribution < 1.29 is 17.5 Å². The molecule has 6 nitrogen and oxygen atoms in total. The topological polar surface area (TPSA) is 75.3 Å². The molecule has 0 saturated carbocycles. The van der Waals surface area contributed by atoms with E-state index >= 15 is 0 Å². The van der Waals surface area contributed by atoms with Crippen molar-refractivity contribution in [2.75, 3.05) is 26.3 Å². The van der Waals surface area contributed by atoms with Gasteiger partial charge >= 0.3 is 0 Å². The molecule has 0 amide bonds. The summed E-state index contributed by atoms with van der Waals surface area (Å²) < 4.78 is 46.8. The summed E-state index contributed by atoms with van der Waals surface area (Å²) >= 11 is 9.33. The van der Waals surface area contributed by atoms with Crippen molar-refractivity contribution in [2.24, 2.45) is 0 Å². The normalized spacial score (nSPS) is 15.6. The largest absolute Gasteiger partial charge is 0.379 e. The van der Waals surface area contributed by atoms with Crippen molar-refractivity contribution in [3.05, 3.63) is 57.9 Å². The Morgan fingerprint density at radius 1 is 1.14 bits per heavy atom. The zero-order valence-electron chi connectivity index (χ0n) is 15.0. The van der Waals surface area contributed by atoms with Gasteiger partial charge in [0, 0.05) is 24.2 Å². The summed E-state index contributed by atoms with van der Waals surface area (Å²) in [5.41, 5.74) is 1.79. The van der Waals surface area contributed by atoms with Gasteiger partial charge < -0.3 is 9.72 Å². The van der Waals surface area contributed by atoms with Gasteiger partial charge in [0.2, 0.25) is 10.0 Å². The van der Waals surface area contributed by atoms with Crippen LogP contribution >= 0.6 is 27.5 Å². The highest BCUT2D eigenvalue weighted by molar-refractivity contribution is 9.10. The Hall–Kier alpha value is -1.78. The molecule has 1 aliphatic rings. The van der Waals surface area contributed by atoms with Crippen molar-refractivity contribution >= 4 is 37.6 Å². The number of rotatable bonds is 4. The van der Waals surface area contributed by atoms with E-state index in [9.17, 15) is 12.8 Å². The molecule has 1 saturated heterocycles. The van der Waals surface area contributed by atoms with Gasteiger partial charge in [0.1, 0.15) is 16.5 Å². The van der Waals surface area contributed by atoms with Crippen LogP contribution in [-0.4, -0.2) is 49.0 Å². The summed E-state index contributed by atoms with van der Waals surface area (Å²) in [4.78, 5) is 7.44. The fraction of sp³-hybridized carbons (Fsp3) is 0.211. The number of nitrogens with zero attached hydrogens (tertiary/aromatic N) is 2. The minimum Gasteiger partial charge on any atom is -0.379 e. The molecule has 0 bridgehead atoms. The Labute approximate surface area is 180 Å². The van der Waals surface area contributed by atoms with Gasteiger partial charge in [0.05, 0.1) is 34.6 Å². The number of halogens is 3. The maximum Gasteiger partial charge on any atom is 0.244 e. The van der Waals surface area contributed by atoms with Crippen LogP contribution < -0.4 is 0 Å². The van der Waals surface area contributed by atoms with Crippen molar-refractivity contribution in [3.8, 4) is 22.6 Å². The minimum absolute atomic E-state index is 0.0196. The number of benzene rings is 2. The predicted octanol–water partition coefficient (Wildman–Crippen LogP) is 4.32. The number of imidazole rings is 1. The zero-order chi connectivity index (χ0) is 20.6. The quantitative estimate of drug-likeness (QED) is 0.579. The van der Waals surface area contributed by atoms with Crippen LogP contribution in [0.4, 0.5) is 4.39 Å². The molecule has 152 valence electrons. The van der Waals surface area contributed by atoms with Gasteiger partial charge in [-0.2, -0.15) is 4.31 Å². The van der Waals surface area contributed by atoms with Crippen LogP contribution in [0.2, 0.25) is 5.02 Å². The van der Waals surface area contributed by atoms with Gasteiger partial charge in [-0.05, 0) is 46.3 Å². The van der Waals surface area contributed by atoms with Crippen molar-refractivity contribution in [2.45, 2.75) is 4.90 Å². The van der Waals surface area contributed by atoms with E-state index < -0.39 is 10.0 Å². The Kier molecular flexibility index (Phi) is 5.76. The van der Waals surface area contributed by atoms with Crippen LogP contribution in [-0.2, 0) is 14.8 Å². The number of hydrogen-bond donors (Lipinski definition) is 1. The van der Waals surface area contributed by atoms with Gasteiger partial charge in [0.25, 0.3) is 0 Å². The second-order valence-corrected chi connectivity index (χ2v) is 9.60. The molecule has 1 N–H and O–H groups in total. The highest BCUT2D eigenvalue weighted by atomic mass is 79.9. The van der Waals surface area contributed by atoms with Crippen LogP contribution in [0.5, 0.6) is 0 Å². The number of sulfonamides is 1. The molecule has 1 aliphatic heterocycles. The summed E-state index contributed by atoms with van der Waals surface area (Å²) in [5, 5.41) is 0.141. The van der Waals surface area contributed by atoms with Gasteiger partial charge in [-0.1, -0.05) is 17.7 Å². The monoisotopic (exact) mass is 499 g/mol. The van der Waals surface area contributed by atoms with Gasteiger partial charge in [-0.25, -0.2) is 17.8 Å². The number of ether oxygens (including phenoxy) is 1. The van der Waals surface area contributed by atoms with E-state index in [1.807, 2.05) is 0 Å². The van der Waals surface area contributed by atoms with Gasteiger partial charge in [-0.15, -0.1) is 0 Å². The molecule has 2 heterocycles. The predicted molar refractivity (Wildman–Crippen MR) is 112 cm³/mol. The second kappa shape index (κ2) is 8.16. The third-order valence-corrected chi connectivity index (χ3v) is 7.62. The first-order valence-corrected chi connectivity index (χ1v) is 11.4. The van der Waals surface area contributed by atoms with Crippen molar-refractivity contribution in [1.82, 2.24) is 14.3 Å². The van der Waals surface area contributed by atoms with Crippen LogP contribution in [0.25, 0.3) is 22.6 Å². The summed E-state index contributed by atoms with van der Waals surface area (Å²) in [6, 6.07) is 9.47. The standard InChI is InChI=1S/C19H16BrClFN3O3S/c20-14-3-1-12(9-16(14)22)17-11-23-19(24-17)13-2-4-15(21)18(10-13)29(26,27)25-5-7-28-8-6-25/h1-4,9-11H,5-8H2,(H,23,24). The number of nitrogens with one attached hydrogen (secondary N) is 1. The van der Waals surface area contributed by atoms with E-state index in [0.29, 0.717) is 40.3 Å². The molecule has 2 aromatic carbocycles. The molecule has 1 fully saturated rings. The molecule has 0 atom stereocenters. The van der Waals surface area contributed by atoms with Crippen LogP contribution in [0, 0.1) is 5.82 Å². The number of H-pyrrole nitrogens is 1. The van der Waals surface area contributed by atoms with Gasteiger partial charge in [0.15, 0.2) is 0 Å². The SMILES string of the molecule is O=S(=O)(c1cc(-c2ncc(-c3ccc(Br)c(F)c3)[nH]2)ccc1Cl)N1CCOCC1. The maximum atomic E-state index is 13.8. The molecule has 0 aliphatic carbocycles. The van der Waals surface area contributed by atoms with E-state index in [4.69, 9.17) is 16.3 Å². The number of aromatic nitrogens is 2. The molecular formula is C19H16BrClFN3O3S. The lowest BCUT2D eigenvalue weighted by Crippen LogP contribution is -2.40. The third kappa shape index (κ3) is 4.10. The fourth-order valence-corrected chi connectivity index (χ4v) is 5.21. The Morgan fingerprint density at radius 2 is 1.86 bits per heavy atom. The van der Waals surface area contributed by atoms with Crippen molar-refractivity contribution in [1.29, 1.82) is 0 Å². The molecule has 4 rings (SSSR count). The number of morpholine rings is 1. The van der Waals surface area contributed by atoms with Crippen LogP contribution in [0.1, 0.15) is 0 Å². The third-order valence-electron chi connectivity index (χ3n) is 4.60. The summed E-state index contributed by atoms with van der Waals surface area (Å²) in [5.74, 6) is 0.0717. The summed E-state index contributed by atoms with van der Waals surface area (Å²) in [6.45, 7) is 1.26. The molecule has 29 heavy (non-hydrogen) atoms. The average molecular weight is 501 g/mol. The molecular weight excluding hydrogens is 485 g/mol. The smallest absolute Gasteiger partial charge is 0.244 e. The highest BCUT2D eigenvalue weighted by Crippen LogP contribution is 2.31. The Morgan fingerprint density at radius 3 is 2.59 bits per heavy atom. The van der Waals surface area contributed by atoms with E-state index in [2.05, 4.69) is 25.9 Å². The first-order valence-electron chi connectivity index (χ1n) is 8.74. The van der Waals surface area contributed by atoms with E-state index in [0.717, 1.165) is 0 Å². The minimum atomic E-state index is -3.75. The highest BCUT2D eigenvalue weighted by Gasteiger charge is 2.28. The molecule has 0 radical (unpaired) electrons. The lowest BCUT2D eigenvalue weighted by atomic mass is 10.2. The molecule has 10 heteroatoms. The lowest BCUT2D eigenvalue weighted by Gasteiger charge is -2.26. The first kappa shape index (κ1) is 20.5.